The van der Waals surface area contributed by atoms with Gasteiger partial charge in [0.25, 0.3) is 0 Å². The summed E-state index contributed by atoms with van der Waals surface area (Å²) >= 11 is 0. The molecule has 0 aliphatic carbocycles. The number of anilines is 2. The van der Waals surface area contributed by atoms with Crippen LogP contribution in [0, 0.1) is 6.92 Å². The fourth-order valence-electron chi connectivity index (χ4n) is 1.56. The lowest BCUT2D eigenvalue weighted by molar-refractivity contribution is 0.477. The maximum atomic E-state index is 9.48. The third-order valence-corrected chi connectivity index (χ3v) is 2.49. The second kappa shape index (κ2) is 4.74. The zero-order valence-corrected chi connectivity index (χ0v) is 9.64. The number of pyridine rings is 1. The summed E-state index contributed by atoms with van der Waals surface area (Å²) in [6.45, 7) is 2.58. The van der Waals surface area contributed by atoms with Crippen molar-refractivity contribution in [2.75, 3.05) is 11.1 Å². The van der Waals surface area contributed by atoms with Gasteiger partial charge in [-0.3, -0.25) is 4.98 Å². The third kappa shape index (κ3) is 2.87. The highest BCUT2D eigenvalue weighted by atomic mass is 16.3. The number of benzene rings is 1. The quantitative estimate of drug-likeness (QED) is 0.558. The Morgan fingerprint density at radius 1 is 1.29 bits per heavy atom. The number of nitrogens with zero attached hydrogens (tertiary/aromatic N) is 1. The van der Waals surface area contributed by atoms with Gasteiger partial charge in [0.2, 0.25) is 0 Å². The number of nitrogen functional groups attached to an aromatic ring is 1. The number of hydrogen-bond donors (Lipinski definition) is 3. The van der Waals surface area contributed by atoms with E-state index in [0.717, 1.165) is 16.9 Å². The van der Waals surface area contributed by atoms with Crippen LogP contribution in [-0.2, 0) is 6.54 Å². The van der Waals surface area contributed by atoms with Gasteiger partial charge in [0.05, 0.1) is 5.69 Å². The molecule has 1 aromatic heterocycles. The number of nitrogens with one attached hydrogen (secondary N) is 1. The van der Waals surface area contributed by atoms with Crippen LogP contribution >= 0.6 is 0 Å². The molecule has 17 heavy (non-hydrogen) atoms. The first-order valence-electron chi connectivity index (χ1n) is 5.39. The summed E-state index contributed by atoms with van der Waals surface area (Å²) in [5.74, 6) is 0.121. The maximum Gasteiger partial charge on any atom is 0.138 e. The molecule has 2 aromatic rings. The first-order chi connectivity index (χ1) is 8.15. The number of aromatic nitrogens is 1. The van der Waals surface area contributed by atoms with Gasteiger partial charge in [-0.25, -0.2) is 0 Å². The van der Waals surface area contributed by atoms with Crippen LogP contribution in [0.25, 0.3) is 0 Å². The first-order valence-corrected chi connectivity index (χ1v) is 5.39. The second-order valence-corrected chi connectivity index (χ2v) is 3.93. The van der Waals surface area contributed by atoms with E-state index in [4.69, 9.17) is 5.73 Å². The number of hydrogen-bond acceptors (Lipinski definition) is 4. The van der Waals surface area contributed by atoms with Crippen molar-refractivity contribution in [2.24, 2.45) is 0 Å². The first kappa shape index (κ1) is 11.3. The molecule has 4 N–H and O–H groups in total. The zero-order valence-electron chi connectivity index (χ0n) is 9.64. The van der Waals surface area contributed by atoms with Gasteiger partial charge >= 0.3 is 0 Å². The molecule has 0 unspecified atom stereocenters. The number of rotatable bonds is 3. The Morgan fingerprint density at radius 3 is 2.82 bits per heavy atom. The largest absolute Gasteiger partial charge is 0.506 e. The molecule has 0 fully saturated rings. The number of aromatic hydroxyl groups is 1. The molecule has 0 aliphatic rings. The van der Waals surface area contributed by atoms with E-state index in [1.165, 1.54) is 0 Å². The van der Waals surface area contributed by atoms with Crippen LogP contribution < -0.4 is 11.1 Å². The molecule has 88 valence electrons. The lowest BCUT2D eigenvalue weighted by Gasteiger charge is -2.08. The summed E-state index contributed by atoms with van der Waals surface area (Å²) in [5, 5.41) is 12.7. The molecule has 0 bridgehead atoms. The van der Waals surface area contributed by atoms with Crippen LogP contribution in [0.1, 0.15) is 11.3 Å². The molecular formula is C13H15N3O. The molecular weight excluding hydrogens is 214 g/mol. The van der Waals surface area contributed by atoms with Gasteiger partial charge in [-0.15, -0.1) is 0 Å². The van der Waals surface area contributed by atoms with Gasteiger partial charge in [0.1, 0.15) is 5.75 Å². The van der Waals surface area contributed by atoms with Crippen molar-refractivity contribution < 1.29 is 5.11 Å². The van der Waals surface area contributed by atoms with Gasteiger partial charge in [-0.05, 0) is 36.8 Å². The van der Waals surface area contributed by atoms with E-state index in [-0.39, 0.29) is 5.75 Å². The summed E-state index contributed by atoms with van der Waals surface area (Å²) < 4.78 is 0. The van der Waals surface area contributed by atoms with E-state index >= 15 is 0 Å². The van der Waals surface area contributed by atoms with E-state index in [1.54, 1.807) is 18.3 Å². The number of nitrogens with two attached hydrogens (primary N) is 1. The van der Waals surface area contributed by atoms with Crippen molar-refractivity contribution in [2.45, 2.75) is 13.5 Å². The van der Waals surface area contributed by atoms with Gasteiger partial charge in [0.15, 0.2) is 0 Å². The highest BCUT2D eigenvalue weighted by molar-refractivity contribution is 5.53. The normalized spacial score (nSPS) is 10.2. The molecule has 2 rings (SSSR count). The topological polar surface area (TPSA) is 71.2 Å². The standard InChI is InChI=1S/C13H15N3O/c1-9-6-11(4-5-15-9)16-8-10-2-3-12(14)13(17)7-10/h2-7,17H,8,14H2,1H3,(H,15,16). The van der Waals surface area contributed by atoms with E-state index in [9.17, 15) is 5.11 Å². The van der Waals surface area contributed by atoms with Crippen LogP contribution in [0.3, 0.4) is 0 Å². The van der Waals surface area contributed by atoms with Crippen LogP contribution in [0.2, 0.25) is 0 Å². The Bertz CT molecular complexity index is 526. The number of aryl methyl sites for hydroxylation is 1. The monoisotopic (exact) mass is 229 g/mol. The summed E-state index contributed by atoms with van der Waals surface area (Å²) in [6.07, 6.45) is 1.76. The Labute approximate surface area is 100 Å². The smallest absolute Gasteiger partial charge is 0.138 e. The van der Waals surface area contributed by atoms with E-state index in [2.05, 4.69) is 10.3 Å². The number of phenols is 1. The van der Waals surface area contributed by atoms with Crippen molar-refractivity contribution in [1.82, 2.24) is 4.98 Å². The fraction of sp³-hybridized carbons (Fsp3) is 0.154. The maximum absolute atomic E-state index is 9.48. The van der Waals surface area contributed by atoms with Crippen molar-refractivity contribution >= 4 is 11.4 Å². The Kier molecular flexibility index (Phi) is 3.14. The summed E-state index contributed by atoms with van der Waals surface area (Å²) in [4.78, 5) is 4.12. The molecule has 0 spiro atoms. The van der Waals surface area contributed by atoms with Gasteiger partial charge in [-0.2, -0.15) is 0 Å². The predicted molar refractivity (Wildman–Crippen MR) is 68.8 cm³/mol. The van der Waals surface area contributed by atoms with Gasteiger partial charge in [-0.1, -0.05) is 6.07 Å². The van der Waals surface area contributed by atoms with E-state index in [0.29, 0.717) is 12.2 Å². The van der Waals surface area contributed by atoms with Gasteiger partial charge < -0.3 is 16.2 Å². The number of phenolic OH excluding ortho intramolecular Hbond substituents is 1. The lowest BCUT2D eigenvalue weighted by Crippen LogP contribution is -2.00. The van der Waals surface area contributed by atoms with Crippen molar-refractivity contribution in [1.29, 1.82) is 0 Å². The van der Waals surface area contributed by atoms with E-state index < -0.39 is 0 Å². The average Bonchev–Trinajstić information content (AvgIpc) is 2.31. The highest BCUT2D eigenvalue weighted by Crippen LogP contribution is 2.21. The predicted octanol–water partition coefficient (Wildman–Crippen LogP) is 2.29. The molecule has 0 radical (unpaired) electrons. The molecule has 0 saturated heterocycles. The molecule has 0 aliphatic heterocycles. The van der Waals surface area contributed by atoms with Crippen molar-refractivity contribution in [3.05, 3.63) is 47.8 Å². The minimum atomic E-state index is 0.121. The third-order valence-electron chi connectivity index (χ3n) is 2.49. The van der Waals surface area contributed by atoms with Crippen molar-refractivity contribution in [3.63, 3.8) is 0 Å². The molecule has 0 amide bonds. The lowest BCUT2D eigenvalue weighted by atomic mass is 10.2. The molecule has 1 aromatic carbocycles. The Hall–Kier alpha value is -2.23. The highest BCUT2D eigenvalue weighted by Gasteiger charge is 1.99. The Morgan fingerprint density at radius 2 is 2.12 bits per heavy atom. The minimum absolute atomic E-state index is 0.121. The SMILES string of the molecule is Cc1cc(NCc2ccc(N)c(O)c2)ccn1. The summed E-state index contributed by atoms with van der Waals surface area (Å²) in [7, 11) is 0. The fourth-order valence-corrected chi connectivity index (χ4v) is 1.56. The second-order valence-electron chi connectivity index (χ2n) is 3.93. The van der Waals surface area contributed by atoms with Crippen LogP contribution in [0.4, 0.5) is 11.4 Å². The van der Waals surface area contributed by atoms with Gasteiger partial charge in [0, 0.05) is 24.1 Å². The molecule has 1 heterocycles. The summed E-state index contributed by atoms with van der Waals surface area (Å²) in [6, 6.07) is 9.12. The molecule has 0 atom stereocenters. The van der Waals surface area contributed by atoms with E-state index in [1.807, 2.05) is 25.1 Å². The van der Waals surface area contributed by atoms with Crippen molar-refractivity contribution in [3.8, 4) is 5.75 Å². The Balaban J connectivity index is 2.05. The molecule has 4 nitrogen and oxygen atoms in total. The van der Waals surface area contributed by atoms with Crippen LogP contribution in [0.15, 0.2) is 36.5 Å². The zero-order chi connectivity index (χ0) is 12.3. The molecule has 4 heteroatoms. The summed E-state index contributed by atoms with van der Waals surface area (Å²) in [5.41, 5.74) is 8.89. The molecule has 0 saturated carbocycles. The minimum Gasteiger partial charge on any atom is -0.506 e. The van der Waals surface area contributed by atoms with Crippen LogP contribution in [-0.4, -0.2) is 10.1 Å². The van der Waals surface area contributed by atoms with Crippen LogP contribution in [0.5, 0.6) is 5.75 Å². The average molecular weight is 229 g/mol.